The van der Waals surface area contributed by atoms with Crippen molar-refractivity contribution < 1.29 is 9.15 Å². The van der Waals surface area contributed by atoms with Gasteiger partial charge < -0.3 is 9.15 Å². The van der Waals surface area contributed by atoms with Crippen LogP contribution in [-0.4, -0.2) is 34.1 Å². The van der Waals surface area contributed by atoms with Gasteiger partial charge in [0.25, 0.3) is 0 Å². The Morgan fingerprint density at radius 3 is 2.92 bits per heavy atom. The zero-order valence-corrected chi connectivity index (χ0v) is 14.5. The number of ether oxygens (including phenoxy) is 1. The standard InChI is InChI=1S/C20H23N3O2/c1-15(20-22-18-8-2-3-9-19(18)25-20)23(14-17-7-5-11-24-17)13-16-6-4-10-21-12-16/h2-4,6,8-10,12,15,17H,5,7,11,13-14H2,1H3/t15-,17-/m1/s1. The molecule has 3 aromatic rings. The van der Waals surface area contributed by atoms with Crippen molar-refractivity contribution in [3.63, 3.8) is 0 Å². The molecule has 0 spiro atoms. The smallest absolute Gasteiger partial charge is 0.212 e. The summed E-state index contributed by atoms with van der Waals surface area (Å²) in [6.45, 7) is 4.68. The molecule has 1 aromatic carbocycles. The molecule has 0 bridgehead atoms. The first-order valence-electron chi connectivity index (χ1n) is 8.89. The molecule has 2 aromatic heterocycles. The zero-order valence-electron chi connectivity index (χ0n) is 14.5. The first kappa shape index (κ1) is 16.2. The Morgan fingerprint density at radius 2 is 2.16 bits per heavy atom. The predicted molar refractivity (Wildman–Crippen MR) is 96.0 cm³/mol. The van der Waals surface area contributed by atoms with E-state index in [0.717, 1.165) is 49.5 Å². The van der Waals surface area contributed by atoms with Crippen LogP contribution in [0.15, 0.2) is 53.2 Å². The maximum absolute atomic E-state index is 6.00. The summed E-state index contributed by atoms with van der Waals surface area (Å²) in [5.41, 5.74) is 2.93. The van der Waals surface area contributed by atoms with Crippen molar-refractivity contribution in [1.29, 1.82) is 0 Å². The first-order chi connectivity index (χ1) is 12.3. The highest BCUT2D eigenvalue weighted by Crippen LogP contribution is 2.27. The van der Waals surface area contributed by atoms with Crippen LogP contribution in [0.4, 0.5) is 0 Å². The summed E-state index contributed by atoms with van der Waals surface area (Å²) in [6, 6.07) is 12.1. The SMILES string of the molecule is C[C@H](c1nc2ccccc2o1)N(Cc1cccnc1)C[C@H]1CCCO1. The van der Waals surface area contributed by atoms with E-state index in [-0.39, 0.29) is 12.1 Å². The van der Waals surface area contributed by atoms with Gasteiger partial charge >= 0.3 is 0 Å². The Morgan fingerprint density at radius 1 is 1.24 bits per heavy atom. The summed E-state index contributed by atoms with van der Waals surface area (Å²) in [4.78, 5) is 11.3. The molecule has 0 amide bonds. The molecule has 3 heterocycles. The van der Waals surface area contributed by atoms with Crippen molar-refractivity contribution in [3.05, 3.63) is 60.2 Å². The van der Waals surface area contributed by atoms with Gasteiger partial charge in [-0.25, -0.2) is 4.98 Å². The fourth-order valence-corrected chi connectivity index (χ4v) is 3.36. The van der Waals surface area contributed by atoms with Crippen LogP contribution in [0, 0.1) is 0 Å². The van der Waals surface area contributed by atoms with Crippen LogP contribution in [0.1, 0.15) is 37.3 Å². The Labute approximate surface area is 147 Å². The summed E-state index contributed by atoms with van der Waals surface area (Å²) >= 11 is 0. The third-order valence-electron chi connectivity index (χ3n) is 4.79. The molecule has 5 heteroatoms. The molecule has 1 fully saturated rings. The molecule has 0 N–H and O–H groups in total. The van der Waals surface area contributed by atoms with Crippen LogP contribution >= 0.6 is 0 Å². The van der Waals surface area contributed by atoms with Gasteiger partial charge in [-0.15, -0.1) is 0 Å². The maximum Gasteiger partial charge on any atom is 0.212 e. The fourth-order valence-electron chi connectivity index (χ4n) is 3.36. The fraction of sp³-hybridized carbons (Fsp3) is 0.400. The first-order valence-corrected chi connectivity index (χ1v) is 8.89. The van der Waals surface area contributed by atoms with Gasteiger partial charge in [0.1, 0.15) is 5.52 Å². The third-order valence-corrected chi connectivity index (χ3v) is 4.79. The normalized spacial score (nSPS) is 18.9. The molecule has 0 saturated carbocycles. The van der Waals surface area contributed by atoms with Crippen LogP contribution < -0.4 is 0 Å². The second kappa shape index (κ2) is 7.33. The Bertz CT molecular complexity index is 779. The molecule has 2 atom stereocenters. The molecule has 25 heavy (non-hydrogen) atoms. The molecule has 5 nitrogen and oxygen atoms in total. The number of benzene rings is 1. The third kappa shape index (κ3) is 3.72. The Balaban J connectivity index is 1.58. The second-order valence-corrected chi connectivity index (χ2v) is 6.62. The maximum atomic E-state index is 6.00. The van der Waals surface area contributed by atoms with E-state index in [2.05, 4.69) is 27.9 Å². The van der Waals surface area contributed by atoms with E-state index in [0.29, 0.717) is 0 Å². The monoisotopic (exact) mass is 337 g/mol. The Kier molecular flexibility index (Phi) is 4.76. The van der Waals surface area contributed by atoms with Crippen LogP contribution in [0.2, 0.25) is 0 Å². The highest BCUT2D eigenvalue weighted by Gasteiger charge is 2.26. The molecule has 1 aliphatic heterocycles. The van der Waals surface area contributed by atoms with E-state index < -0.39 is 0 Å². The van der Waals surface area contributed by atoms with E-state index >= 15 is 0 Å². The number of rotatable bonds is 6. The average molecular weight is 337 g/mol. The van der Waals surface area contributed by atoms with Gasteiger partial charge in [-0.2, -0.15) is 0 Å². The van der Waals surface area contributed by atoms with Crippen molar-refractivity contribution in [2.45, 2.75) is 38.5 Å². The summed E-state index contributed by atoms with van der Waals surface area (Å²) in [6.07, 6.45) is 6.26. The van der Waals surface area contributed by atoms with Gasteiger partial charge in [-0.3, -0.25) is 9.88 Å². The summed E-state index contributed by atoms with van der Waals surface area (Å²) in [7, 11) is 0. The van der Waals surface area contributed by atoms with E-state index in [1.165, 1.54) is 5.56 Å². The lowest BCUT2D eigenvalue weighted by Crippen LogP contribution is -2.34. The molecule has 4 rings (SSSR count). The molecular formula is C20H23N3O2. The van der Waals surface area contributed by atoms with Crippen LogP contribution in [0.5, 0.6) is 0 Å². The van der Waals surface area contributed by atoms with E-state index in [9.17, 15) is 0 Å². The summed E-state index contributed by atoms with van der Waals surface area (Å²) in [5.74, 6) is 0.753. The van der Waals surface area contributed by atoms with Gasteiger partial charge in [0.2, 0.25) is 5.89 Å². The number of nitrogens with zero attached hydrogens (tertiary/aromatic N) is 3. The molecule has 0 aliphatic carbocycles. The van der Waals surface area contributed by atoms with Crippen molar-refractivity contribution in [2.75, 3.05) is 13.2 Å². The molecule has 0 radical (unpaired) electrons. The van der Waals surface area contributed by atoms with Gasteiger partial charge in [0, 0.05) is 32.1 Å². The van der Waals surface area contributed by atoms with Gasteiger partial charge in [0.05, 0.1) is 12.1 Å². The van der Waals surface area contributed by atoms with Crippen LogP contribution in [0.3, 0.4) is 0 Å². The minimum Gasteiger partial charge on any atom is -0.439 e. The van der Waals surface area contributed by atoms with Gasteiger partial charge in [-0.05, 0) is 43.5 Å². The second-order valence-electron chi connectivity index (χ2n) is 6.62. The lowest BCUT2D eigenvalue weighted by Gasteiger charge is -2.29. The largest absolute Gasteiger partial charge is 0.439 e. The number of pyridine rings is 1. The minimum atomic E-state index is 0.0665. The topological polar surface area (TPSA) is 51.4 Å². The number of hydrogen-bond donors (Lipinski definition) is 0. The van der Waals surface area contributed by atoms with Crippen LogP contribution in [-0.2, 0) is 11.3 Å². The highest BCUT2D eigenvalue weighted by molar-refractivity contribution is 5.72. The van der Waals surface area contributed by atoms with Crippen molar-refractivity contribution in [3.8, 4) is 0 Å². The Hall–Kier alpha value is -2.24. The van der Waals surface area contributed by atoms with Gasteiger partial charge in [-0.1, -0.05) is 18.2 Å². The van der Waals surface area contributed by atoms with E-state index in [1.807, 2.05) is 36.5 Å². The number of hydrogen-bond acceptors (Lipinski definition) is 5. The lowest BCUT2D eigenvalue weighted by atomic mass is 10.1. The number of para-hydroxylation sites is 2. The van der Waals surface area contributed by atoms with Crippen LogP contribution in [0.25, 0.3) is 11.1 Å². The van der Waals surface area contributed by atoms with Crippen molar-refractivity contribution in [1.82, 2.24) is 14.9 Å². The van der Waals surface area contributed by atoms with Crippen molar-refractivity contribution in [2.24, 2.45) is 0 Å². The van der Waals surface area contributed by atoms with E-state index in [4.69, 9.17) is 9.15 Å². The number of oxazole rings is 1. The number of aromatic nitrogens is 2. The molecular weight excluding hydrogens is 314 g/mol. The number of fused-ring (bicyclic) bond motifs is 1. The van der Waals surface area contributed by atoms with Gasteiger partial charge in [0.15, 0.2) is 5.58 Å². The average Bonchev–Trinajstić information content (AvgIpc) is 3.30. The predicted octanol–water partition coefficient (Wildman–Crippen LogP) is 3.97. The molecule has 0 unspecified atom stereocenters. The minimum absolute atomic E-state index is 0.0665. The zero-order chi connectivity index (χ0) is 17.1. The highest BCUT2D eigenvalue weighted by atomic mass is 16.5. The summed E-state index contributed by atoms with van der Waals surface area (Å²) < 4.78 is 11.9. The quantitative estimate of drug-likeness (QED) is 0.681. The lowest BCUT2D eigenvalue weighted by molar-refractivity contribution is 0.0512. The van der Waals surface area contributed by atoms with E-state index in [1.54, 1.807) is 6.20 Å². The van der Waals surface area contributed by atoms with Crippen molar-refractivity contribution >= 4 is 11.1 Å². The molecule has 130 valence electrons. The summed E-state index contributed by atoms with van der Waals surface area (Å²) in [5, 5.41) is 0. The molecule has 1 saturated heterocycles. The molecule has 1 aliphatic rings.